The van der Waals surface area contributed by atoms with Crippen LogP contribution >= 0.6 is 11.9 Å². The highest BCUT2D eigenvalue weighted by molar-refractivity contribution is 8.00. The van der Waals surface area contributed by atoms with Gasteiger partial charge in [0.1, 0.15) is 11.5 Å². The van der Waals surface area contributed by atoms with Crippen LogP contribution in [0.2, 0.25) is 0 Å². The molecule has 0 bridgehead atoms. The van der Waals surface area contributed by atoms with Gasteiger partial charge in [0.15, 0.2) is 7.28 Å². The number of hydrogen-bond donors (Lipinski definition) is 1. The van der Waals surface area contributed by atoms with Crippen LogP contribution in [0.4, 0.5) is 22.7 Å². The number of fused-ring (bicyclic) bond motifs is 9. The molecule has 0 amide bonds. The summed E-state index contributed by atoms with van der Waals surface area (Å²) in [7, 11) is 0.870. The number of ether oxygens (including phenoxy) is 1. The van der Waals surface area contributed by atoms with Crippen LogP contribution in [0.5, 0.6) is 11.5 Å². The van der Waals surface area contributed by atoms with Gasteiger partial charge in [-0.1, -0.05) is 136 Å². The number of rotatable bonds is 5. The lowest BCUT2D eigenvalue weighted by atomic mass is 9.30. The fraction of sp³-hybridized carbons (Fsp3) is 0.111. The summed E-state index contributed by atoms with van der Waals surface area (Å²) in [4.78, 5) is 0. The number of para-hydroxylation sites is 3. The van der Waals surface area contributed by atoms with Gasteiger partial charge in [0.05, 0.1) is 22.4 Å². The van der Waals surface area contributed by atoms with Gasteiger partial charge in [0.25, 0.3) is 6.71 Å². The van der Waals surface area contributed by atoms with E-state index in [0.717, 1.165) is 24.5 Å². The average molecular weight is 815 g/mol. The Labute approximate surface area is 369 Å². The van der Waals surface area contributed by atoms with Crippen LogP contribution < -0.4 is 58.1 Å². The van der Waals surface area contributed by atoms with E-state index in [4.69, 9.17) is 4.74 Å². The highest BCUT2D eigenvalue weighted by Gasteiger charge is 2.44. The first-order valence-corrected chi connectivity index (χ1v) is 22.9. The van der Waals surface area contributed by atoms with Crippen molar-refractivity contribution in [1.82, 2.24) is 4.57 Å². The van der Waals surface area contributed by atoms with Crippen molar-refractivity contribution < 1.29 is 4.74 Å². The molecule has 0 fully saturated rings. The van der Waals surface area contributed by atoms with Gasteiger partial charge in [0.2, 0.25) is 6.71 Å². The summed E-state index contributed by atoms with van der Waals surface area (Å²) in [6, 6.07) is 54.4. The molecule has 9 aromatic rings. The monoisotopic (exact) mass is 815 g/mol. The Balaban J connectivity index is 1.13. The third-order valence-electron chi connectivity index (χ3n) is 13.9. The van der Waals surface area contributed by atoms with Crippen LogP contribution in [0, 0.1) is 34.6 Å². The number of benzene rings is 8. The van der Waals surface area contributed by atoms with Crippen LogP contribution in [-0.2, 0) is 0 Å². The fourth-order valence-electron chi connectivity index (χ4n) is 11.1. The minimum Gasteiger partial charge on any atom is -0.458 e. The molecule has 0 aliphatic carbocycles. The highest BCUT2D eigenvalue weighted by Crippen LogP contribution is 2.42. The largest absolute Gasteiger partial charge is 0.458 e. The van der Waals surface area contributed by atoms with Crippen LogP contribution in [-0.4, -0.2) is 31.5 Å². The van der Waals surface area contributed by atoms with E-state index in [-0.39, 0.29) is 13.4 Å². The summed E-state index contributed by atoms with van der Waals surface area (Å²) in [5, 5.41) is 6.32. The van der Waals surface area contributed by atoms with Crippen molar-refractivity contribution in [2.45, 2.75) is 34.6 Å². The first kappa shape index (κ1) is 37.3. The Morgan fingerprint density at radius 1 is 0.516 bits per heavy atom. The van der Waals surface area contributed by atoms with Gasteiger partial charge in [0, 0.05) is 40.2 Å². The van der Waals surface area contributed by atoms with E-state index in [1.165, 1.54) is 116 Å². The molecule has 8 heteroatoms. The van der Waals surface area contributed by atoms with Crippen molar-refractivity contribution in [1.29, 1.82) is 0 Å². The molecule has 12 rings (SSSR count). The van der Waals surface area contributed by atoms with Crippen molar-refractivity contribution in [3.8, 4) is 17.2 Å². The lowest BCUT2D eigenvalue weighted by Gasteiger charge is -2.40. The molecule has 0 saturated heterocycles. The summed E-state index contributed by atoms with van der Waals surface area (Å²) < 4.78 is 12.1. The SMILES string of the molecule is CSN1c2cc(C)c(B3c4ccccc4Nc4cc(C)cc(C)c43)cc2B2c3cc(Bc4ccccc4C)c(C)cc3Oc3cc(-n4c5ccccc5c5ccccc54)cc1c32. The second-order valence-corrected chi connectivity index (χ2v) is 18.4. The Hall–Kier alpha value is -6.50. The second-order valence-electron chi connectivity index (χ2n) is 17.6. The van der Waals surface area contributed by atoms with Gasteiger partial charge in [-0.2, -0.15) is 0 Å². The van der Waals surface area contributed by atoms with Gasteiger partial charge >= 0.3 is 0 Å². The molecule has 1 aromatic heterocycles. The van der Waals surface area contributed by atoms with Gasteiger partial charge in [-0.15, -0.1) is 0 Å². The molecular formula is C54H44B3N3OS. The van der Waals surface area contributed by atoms with Crippen LogP contribution in [0.25, 0.3) is 27.5 Å². The molecule has 0 saturated carbocycles. The zero-order chi connectivity index (χ0) is 42.0. The fourth-order valence-corrected chi connectivity index (χ4v) is 11.8. The maximum absolute atomic E-state index is 7.24. The predicted molar refractivity (Wildman–Crippen MR) is 271 cm³/mol. The Morgan fingerprint density at radius 2 is 1.23 bits per heavy atom. The second kappa shape index (κ2) is 14.0. The van der Waals surface area contributed by atoms with E-state index in [2.05, 4.69) is 201 Å². The van der Waals surface area contributed by atoms with E-state index in [1.54, 1.807) is 11.9 Å². The molecule has 0 radical (unpaired) electrons. The van der Waals surface area contributed by atoms with Crippen LogP contribution in [0.3, 0.4) is 0 Å². The molecule has 1 N–H and O–H groups in total. The third kappa shape index (κ3) is 5.52. The zero-order valence-electron chi connectivity index (χ0n) is 35.9. The lowest BCUT2D eigenvalue weighted by molar-refractivity contribution is 0.487. The molecule has 4 nitrogen and oxygen atoms in total. The van der Waals surface area contributed by atoms with Crippen molar-refractivity contribution in [2.75, 3.05) is 15.9 Å². The summed E-state index contributed by atoms with van der Waals surface area (Å²) in [5.74, 6) is 1.85. The normalized spacial score (nSPS) is 13.2. The minimum atomic E-state index is -0.0412. The molecule has 0 spiro atoms. The smallest absolute Gasteiger partial charge is 0.256 e. The summed E-state index contributed by atoms with van der Waals surface area (Å²) in [5.41, 5.74) is 25.2. The standard InChI is InChI=1S/C54H44B3N3OS/c1-31-23-35(5)53-46(24-31)58-45-20-12-11-19-41(45)56(53)42-30-43-49(25-34(42)4)60(62-6)50-27-36(59-47-21-13-8-16-37(47)38-17-9-14-22-48(38)59)28-52-54(50)57(43)44-29-40(33(3)26-51(44)61-52)55-39-18-10-7-15-32(39)2/h7-30,55,58H,1-6H3. The lowest BCUT2D eigenvalue weighted by Crippen LogP contribution is -2.63. The molecule has 3 aliphatic heterocycles. The summed E-state index contributed by atoms with van der Waals surface area (Å²) >= 11 is 1.77. The Morgan fingerprint density at radius 3 is 2.00 bits per heavy atom. The van der Waals surface area contributed by atoms with Crippen LogP contribution in [0.15, 0.2) is 146 Å². The van der Waals surface area contributed by atoms with Gasteiger partial charge in [-0.05, 0) is 122 Å². The van der Waals surface area contributed by atoms with Gasteiger partial charge < -0.3 is 14.6 Å². The molecule has 4 heterocycles. The summed E-state index contributed by atoms with van der Waals surface area (Å²) in [6.45, 7) is 11.3. The van der Waals surface area contributed by atoms with Crippen molar-refractivity contribution >= 4 is 121 Å². The van der Waals surface area contributed by atoms with E-state index in [9.17, 15) is 0 Å². The Kier molecular flexibility index (Phi) is 8.43. The average Bonchev–Trinajstić information content (AvgIpc) is 3.61. The van der Waals surface area contributed by atoms with Gasteiger partial charge in [-0.25, -0.2) is 0 Å². The molecule has 8 aromatic carbocycles. The van der Waals surface area contributed by atoms with Gasteiger partial charge in [-0.3, -0.25) is 4.31 Å². The number of nitrogens with one attached hydrogen (secondary N) is 1. The number of anilines is 4. The molecule has 0 atom stereocenters. The minimum absolute atomic E-state index is 0.0412. The maximum atomic E-state index is 7.24. The van der Waals surface area contributed by atoms with E-state index >= 15 is 0 Å². The Bertz CT molecular complexity index is 3320. The van der Waals surface area contributed by atoms with Crippen LogP contribution in [0.1, 0.15) is 27.8 Å². The topological polar surface area (TPSA) is 29.4 Å². The van der Waals surface area contributed by atoms with E-state index in [0.29, 0.717) is 0 Å². The number of aryl methyl sites for hydroxylation is 5. The first-order valence-electron chi connectivity index (χ1n) is 21.7. The molecule has 3 aliphatic rings. The predicted octanol–water partition coefficient (Wildman–Crippen LogP) is 7.64. The number of nitrogens with zero attached hydrogens (tertiary/aromatic N) is 2. The summed E-state index contributed by atoms with van der Waals surface area (Å²) in [6.07, 6.45) is 2.21. The maximum Gasteiger partial charge on any atom is 0.256 e. The van der Waals surface area contributed by atoms with Crippen molar-refractivity contribution in [3.05, 3.63) is 173 Å². The zero-order valence-corrected chi connectivity index (χ0v) is 36.7. The molecular weight excluding hydrogens is 771 g/mol. The first-order chi connectivity index (χ1) is 30.2. The highest BCUT2D eigenvalue weighted by atomic mass is 32.2. The molecule has 62 heavy (non-hydrogen) atoms. The molecule has 296 valence electrons. The third-order valence-corrected chi connectivity index (χ3v) is 14.7. The van der Waals surface area contributed by atoms with Crippen molar-refractivity contribution in [2.24, 2.45) is 0 Å². The quantitative estimate of drug-likeness (QED) is 0.143. The number of aromatic nitrogens is 1. The van der Waals surface area contributed by atoms with E-state index < -0.39 is 0 Å². The molecule has 0 unspecified atom stereocenters. The number of hydrogen-bond acceptors (Lipinski definition) is 4. The van der Waals surface area contributed by atoms with E-state index in [1.807, 2.05) is 0 Å². The van der Waals surface area contributed by atoms with Crippen molar-refractivity contribution in [3.63, 3.8) is 0 Å².